The van der Waals surface area contributed by atoms with Gasteiger partial charge in [-0.2, -0.15) is 0 Å². The van der Waals surface area contributed by atoms with E-state index in [0.717, 1.165) is 18.4 Å². The van der Waals surface area contributed by atoms with Gasteiger partial charge in [-0.1, -0.05) is 57.0 Å². The zero-order valence-corrected chi connectivity index (χ0v) is 12.2. The summed E-state index contributed by atoms with van der Waals surface area (Å²) in [4.78, 5) is 23.1. The topological polar surface area (TPSA) is 55.4 Å². The number of hydrogen-bond donors (Lipinski definition) is 1. The third kappa shape index (κ3) is 6.92. The van der Waals surface area contributed by atoms with Gasteiger partial charge >= 0.3 is 6.09 Å². The molecule has 1 aromatic carbocycles. The Morgan fingerprint density at radius 3 is 2.60 bits per heavy atom. The highest BCUT2D eigenvalue weighted by molar-refractivity contribution is 5.84. The first-order valence-electron chi connectivity index (χ1n) is 7.08. The molecule has 1 amide bonds. The molecule has 0 bridgehead atoms. The molecule has 110 valence electrons. The number of carbonyl (C=O) groups excluding carboxylic acids is 2. The van der Waals surface area contributed by atoms with Gasteiger partial charge < -0.3 is 10.1 Å². The van der Waals surface area contributed by atoms with Crippen molar-refractivity contribution in [1.29, 1.82) is 0 Å². The first kappa shape index (κ1) is 16.2. The summed E-state index contributed by atoms with van der Waals surface area (Å²) in [5, 5.41) is 2.49. The second kappa shape index (κ2) is 9.13. The van der Waals surface area contributed by atoms with Crippen molar-refractivity contribution < 1.29 is 14.3 Å². The molecule has 0 saturated heterocycles. The molecule has 0 spiro atoms. The maximum absolute atomic E-state index is 11.6. The second-order valence-electron chi connectivity index (χ2n) is 5.05. The molecule has 0 fully saturated rings. The van der Waals surface area contributed by atoms with Crippen LogP contribution in [0, 0.1) is 5.92 Å². The lowest BCUT2D eigenvalue weighted by atomic mass is 10.00. The summed E-state index contributed by atoms with van der Waals surface area (Å²) in [5.41, 5.74) is 0.922. The number of alkyl carbamates (subject to hydrolysis) is 1. The Labute approximate surface area is 120 Å². The van der Waals surface area contributed by atoms with E-state index in [0.29, 0.717) is 12.3 Å². The fraction of sp³-hybridized carbons (Fsp3) is 0.500. The minimum Gasteiger partial charge on any atom is -0.445 e. The third-order valence-corrected chi connectivity index (χ3v) is 3.00. The SMILES string of the molecule is CCCC(C)CC(=O)CNC(=O)OCc1ccccc1. The Balaban J connectivity index is 2.18. The van der Waals surface area contributed by atoms with Crippen LogP contribution in [-0.2, 0) is 16.1 Å². The highest BCUT2D eigenvalue weighted by Gasteiger charge is 2.10. The molecule has 4 nitrogen and oxygen atoms in total. The van der Waals surface area contributed by atoms with Gasteiger partial charge in [0.2, 0.25) is 0 Å². The van der Waals surface area contributed by atoms with Crippen LogP contribution in [0.15, 0.2) is 30.3 Å². The van der Waals surface area contributed by atoms with Crippen molar-refractivity contribution in [3.8, 4) is 0 Å². The van der Waals surface area contributed by atoms with Gasteiger partial charge in [0, 0.05) is 6.42 Å². The number of Topliss-reactive ketones (excluding diaryl/α,β-unsaturated/α-hetero) is 1. The van der Waals surface area contributed by atoms with Crippen molar-refractivity contribution in [2.45, 2.75) is 39.7 Å². The monoisotopic (exact) mass is 277 g/mol. The van der Waals surface area contributed by atoms with E-state index in [4.69, 9.17) is 4.74 Å². The van der Waals surface area contributed by atoms with Crippen molar-refractivity contribution in [2.75, 3.05) is 6.54 Å². The maximum Gasteiger partial charge on any atom is 0.407 e. The largest absolute Gasteiger partial charge is 0.445 e. The Bertz CT molecular complexity index is 417. The van der Waals surface area contributed by atoms with Gasteiger partial charge in [-0.05, 0) is 11.5 Å². The first-order valence-corrected chi connectivity index (χ1v) is 7.08. The number of ether oxygens (including phenoxy) is 1. The van der Waals surface area contributed by atoms with E-state index < -0.39 is 6.09 Å². The van der Waals surface area contributed by atoms with Crippen LogP contribution in [0.5, 0.6) is 0 Å². The van der Waals surface area contributed by atoms with Crippen molar-refractivity contribution in [1.82, 2.24) is 5.32 Å². The second-order valence-corrected chi connectivity index (χ2v) is 5.05. The standard InChI is InChI=1S/C16H23NO3/c1-3-7-13(2)10-15(18)11-17-16(19)20-12-14-8-5-4-6-9-14/h4-6,8-9,13H,3,7,10-12H2,1-2H3,(H,17,19). The molecule has 0 saturated carbocycles. The summed E-state index contributed by atoms with van der Waals surface area (Å²) in [5.74, 6) is 0.414. The lowest BCUT2D eigenvalue weighted by Gasteiger charge is -2.10. The summed E-state index contributed by atoms with van der Waals surface area (Å²) < 4.78 is 5.03. The molecular weight excluding hydrogens is 254 g/mol. The molecule has 20 heavy (non-hydrogen) atoms. The van der Waals surface area contributed by atoms with Gasteiger partial charge in [0.25, 0.3) is 0 Å². The Morgan fingerprint density at radius 1 is 1.25 bits per heavy atom. The molecule has 1 N–H and O–H groups in total. The zero-order chi connectivity index (χ0) is 14.8. The van der Waals surface area contributed by atoms with Crippen LogP contribution in [0.25, 0.3) is 0 Å². The number of ketones is 1. The van der Waals surface area contributed by atoms with Crippen LogP contribution in [0.1, 0.15) is 38.7 Å². The smallest absolute Gasteiger partial charge is 0.407 e. The number of nitrogens with one attached hydrogen (secondary N) is 1. The molecule has 1 rings (SSSR count). The van der Waals surface area contributed by atoms with E-state index in [-0.39, 0.29) is 18.9 Å². The van der Waals surface area contributed by atoms with E-state index in [1.165, 1.54) is 0 Å². The maximum atomic E-state index is 11.6. The van der Waals surface area contributed by atoms with Gasteiger partial charge in [0.15, 0.2) is 5.78 Å². The van der Waals surface area contributed by atoms with Crippen LogP contribution < -0.4 is 5.32 Å². The Hall–Kier alpha value is -1.84. The number of amides is 1. The molecule has 1 unspecified atom stereocenters. The fourth-order valence-electron chi connectivity index (χ4n) is 2.00. The summed E-state index contributed by atoms with van der Waals surface area (Å²) >= 11 is 0. The molecule has 0 radical (unpaired) electrons. The Morgan fingerprint density at radius 2 is 1.95 bits per heavy atom. The molecular formula is C16H23NO3. The molecule has 0 aliphatic rings. The van der Waals surface area contributed by atoms with Gasteiger partial charge in [-0.15, -0.1) is 0 Å². The minimum absolute atomic E-state index is 0.0433. The van der Waals surface area contributed by atoms with Gasteiger partial charge in [0.1, 0.15) is 6.61 Å². The van der Waals surface area contributed by atoms with Crippen LogP contribution >= 0.6 is 0 Å². The van der Waals surface area contributed by atoms with E-state index in [9.17, 15) is 9.59 Å². The Kier molecular flexibility index (Phi) is 7.40. The molecule has 0 aliphatic carbocycles. The highest BCUT2D eigenvalue weighted by Crippen LogP contribution is 2.09. The van der Waals surface area contributed by atoms with E-state index in [2.05, 4.69) is 19.2 Å². The van der Waals surface area contributed by atoms with Crippen LogP contribution in [0.3, 0.4) is 0 Å². The number of carbonyl (C=O) groups is 2. The first-order chi connectivity index (χ1) is 9.61. The molecule has 0 aromatic heterocycles. The van der Waals surface area contributed by atoms with Crippen molar-refractivity contribution in [3.63, 3.8) is 0 Å². The normalized spacial score (nSPS) is 11.7. The molecule has 1 aromatic rings. The van der Waals surface area contributed by atoms with Gasteiger partial charge in [0.05, 0.1) is 6.54 Å². The van der Waals surface area contributed by atoms with Crippen molar-refractivity contribution >= 4 is 11.9 Å². The average molecular weight is 277 g/mol. The van der Waals surface area contributed by atoms with Crippen LogP contribution in [0.4, 0.5) is 4.79 Å². The van der Waals surface area contributed by atoms with E-state index in [1.807, 2.05) is 30.3 Å². The van der Waals surface area contributed by atoms with Gasteiger partial charge in [-0.25, -0.2) is 4.79 Å². The minimum atomic E-state index is -0.551. The summed E-state index contributed by atoms with van der Waals surface area (Å²) in [6.45, 7) is 4.41. The highest BCUT2D eigenvalue weighted by atomic mass is 16.5. The van der Waals surface area contributed by atoms with Crippen molar-refractivity contribution in [2.24, 2.45) is 5.92 Å². The van der Waals surface area contributed by atoms with E-state index >= 15 is 0 Å². The molecule has 1 atom stereocenters. The number of benzene rings is 1. The molecule has 0 aliphatic heterocycles. The summed E-state index contributed by atoms with van der Waals surface area (Å²) in [6.07, 6.45) is 2.06. The average Bonchev–Trinajstić information content (AvgIpc) is 2.44. The number of rotatable bonds is 8. The van der Waals surface area contributed by atoms with Crippen molar-refractivity contribution in [3.05, 3.63) is 35.9 Å². The lowest BCUT2D eigenvalue weighted by Crippen LogP contribution is -2.30. The van der Waals surface area contributed by atoms with Crippen LogP contribution in [0.2, 0.25) is 0 Å². The predicted molar refractivity (Wildman–Crippen MR) is 78.3 cm³/mol. The summed E-state index contributed by atoms with van der Waals surface area (Å²) in [6, 6.07) is 9.43. The van der Waals surface area contributed by atoms with Crippen LogP contribution in [-0.4, -0.2) is 18.4 Å². The molecule has 4 heteroatoms. The quantitative estimate of drug-likeness (QED) is 0.793. The molecule has 0 heterocycles. The lowest BCUT2D eigenvalue weighted by molar-refractivity contribution is -0.119. The third-order valence-electron chi connectivity index (χ3n) is 3.00. The van der Waals surface area contributed by atoms with E-state index in [1.54, 1.807) is 0 Å². The summed E-state index contributed by atoms with van der Waals surface area (Å²) in [7, 11) is 0. The zero-order valence-electron chi connectivity index (χ0n) is 12.2. The fourth-order valence-corrected chi connectivity index (χ4v) is 2.00. The number of hydrogen-bond acceptors (Lipinski definition) is 3. The predicted octanol–water partition coefficient (Wildman–Crippen LogP) is 3.31. The van der Waals surface area contributed by atoms with Gasteiger partial charge in [-0.3, -0.25) is 4.79 Å².